The normalized spacial score (nSPS) is 20.8. The first-order valence-electron chi connectivity index (χ1n) is 9.86. The van der Waals surface area contributed by atoms with Gasteiger partial charge in [0.15, 0.2) is 0 Å². The van der Waals surface area contributed by atoms with Crippen molar-refractivity contribution in [2.45, 2.75) is 38.3 Å². The average molecular weight is 405 g/mol. The molecule has 1 aliphatic rings. The summed E-state index contributed by atoms with van der Waals surface area (Å²) in [5.41, 5.74) is 3.54. The lowest BCUT2D eigenvalue weighted by atomic mass is 9.74. The molecule has 4 aromatic heterocycles. The number of carbonyl (C=O) groups excluding carboxylic acids is 1. The lowest BCUT2D eigenvalue weighted by molar-refractivity contribution is -0.121. The van der Waals surface area contributed by atoms with Crippen LogP contribution in [0.15, 0.2) is 36.8 Å². The molecule has 0 saturated heterocycles. The number of amides is 1. The van der Waals surface area contributed by atoms with Crippen LogP contribution in [0.3, 0.4) is 0 Å². The summed E-state index contributed by atoms with van der Waals surface area (Å²) in [6.45, 7) is 3.59. The highest BCUT2D eigenvalue weighted by Crippen LogP contribution is 2.37. The topological polar surface area (TPSA) is 109 Å². The molecule has 4 aromatic rings. The number of carbonyl (C=O) groups is 1. The van der Waals surface area contributed by atoms with Gasteiger partial charge in [0.05, 0.1) is 18.0 Å². The van der Waals surface area contributed by atoms with E-state index in [1.54, 1.807) is 20.2 Å². The van der Waals surface area contributed by atoms with Crippen LogP contribution in [0.4, 0.5) is 5.95 Å². The molecule has 3 N–H and O–H groups in total. The molecule has 0 radical (unpaired) electrons. The maximum Gasteiger partial charge on any atom is 0.228 e. The molecule has 30 heavy (non-hydrogen) atoms. The van der Waals surface area contributed by atoms with E-state index in [0.717, 1.165) is 34.9 Å². The summed E-state index contributed by atoms with van der Waals surface area (Å²) in [6.07, 6.45) is 7.25. The van der Waals surface area contributed by atoms with Crippen molar-refractivity contribution in [2.75, 3.05) is 12.4 Å². The zero-order valence-corrected chi connectivity index (χ0v) is 17.1. The first kappa shape index (κ1) is 18.4. The van der Waals surface area contributed by atoms with Crippen LogP contribution in [0.5, 0.6) is 5.88 Å². The van der Waals surface area contributed by atoms with Crippen LogP contribution in [0.2, 0.25) is 0 Å². The number of aromatic nitrogens is 5. The first-order chi connectivity index (χ1) is 14.4. The minimum Gasteiger partial charge on any atom is -0.480 e. The Morgan fingerprint density at radius 2 is 2.17 bits per heavy atom. The monoisotopic (exact) mass is 405 g/mol. The maximum atomic E-state index is 11.3. The first-order valence-corrected chi connectivity index (χ1v) is 9.86. The fourth-order valence-electron chi connectivity index (χ4n) is 4.37. The highest BCUT2D eigenvalue weighted by Gasteiger charge is 2.41. The molecule has 9 heteroatoms. The van der Waals surface area contributed by atoms with Gasteiger partial charge in [0.25, 0.3) is 0 Å². The second-order valence-electron chi connectivity index (χ2n) is 8.09. The second-order valence-corrected chi connectivity index (χ2v) is 8.09. The molecule has 0 unspecified atom stereocenters. The SMILES string of the molecule is COc1nc(NC2CC(C)(NC(C)=O)C2)nc2[nH]cc(-c3ccn4nccc4c3)c12. The van der Waals surface area contributed by atoms with E-state index in [2.05, 4.69) is 36.8 Å². The lowest BCUT2D eigenvalue weighted by Gasteiger charge is -2.45. The number of pyridine rings is 1. The third-order valence-electron chi connectivity index (χ3n) is 5.61. The Bertz CT molecular complexity index is 1250. The Morgan fingerprint density at radius 1 is 1.33 bits per heavy atom. The zero-order chi connectivity index (χ0) is 20.9. The summed E-state index contributed by atoms with van der Waals surface area (Å²) in [5, 5.41) is 11.4. The lowest BCUT2D eigenvalue weighted by Crippen LogP contribution is -2.59. The van der Waals surface area contributed by atoms with Crippen molar-refractivity contribution in [1.29, 1.82) is 0 Å². The molecule has 1 saturated carbocycles. The Balaban J connectivity index is 1.44. The van der Waals surface area contributed by atoms with Crippen LogP contribution < -0.4 is 15.4 Å². The Kier molecular flexibility index (Phi) is 4.12. The van der Waals surface area contributed by atoms with Crippen molar-refractivity contribution >= 4 is 28.4 Å². The number of hydrogen-bond donors (Lipinski definition) is 3. The number of rotatable bonds is 5. The third-order valence-corrected chi connectivity index (χ3v) is 5.61. The molecule has 0 spiro atoms. The maximum absolute atomic E-state index is 11.3. The van der Waals surface area contributed by atoms with E-state index in [1.807, 2.05) is 36.0 Å². The van der Waals surface area contributed by atoms with Gasteiger partial charge in [-0.25, -0.2) is 4.52 Å². The number of ether oxygens (including phenoxy) is 1. The van der Waals surface area contributed by atoms with Gasteiger partial charge >= 0.3 is 0 Å². The van der Waals surface area contributed by atoms with Gasteiger partial charge in [-0.1, -0.05) is 0 Å². The Morgan fingerprint density at radius 3 is 2.93 bits per heavy atom. The second kappa shape index (κ2) is 6.72. The highest BCUT2D eigenvalue weighted by molar-refractivity contribution is 5.98. The Labute approximate surface area is 172 Å². The molecule has 0 aromatic carbocycles. The molecule has 4 heterocycles. The summed E-state index contributed by atoms with van der Waals surface area (Å²) in [6, 6.07) is 6.23. The van der Waals surface area contributed by atoms with Gasteiger partial charge in [-0.05, 0) is 43.5 Å². The standard InChI is InChI=1S/C21H23N7O2/c1-12(29)27-21(2)9-14(10-21)24-20-25-18-17(19(26-20)30-3)16(11-22-18)13-5-7-28-15(8-13)4-6-23-28/h4-8,11,14H,9-10H2,1-3H3,(H,27,29)(H2,22,24,25,26). The van der Waals surface area contributed by atoms with Gasteiger partial charge in [0.2, 0.25) is 17.7 Å². The quantitative estimate of drug-likeness (QED) is 0.471. The van der Waals surface area contributed by atoms with Crippen molar-refractivity contribution in [2.24, 2.45) is 0 Å². The van der Waals surface area contributed by atoms with Crippen LogP contribution in [0, 0.1) is 0 Å². The molecule has 154 valence electrons. The van der Waals surface area contributed by atoms with Crippen molar-refractivity contribution < 1.29 is 9.53 Å². The number of methoxy groups -OCH3 is 1. The van der Waals surface area contributed by atoms with Crippen molar-refractivity contribution in [3.8, 4) is 17.0 Å². The number of anilines is 1. The minimum absolute atomic E-state index is 0.0108. The van der Waals surface area contributed by atoms with Crippen LogP contribution in [0.1, 0.15) is 26.7 Å². The fraction of sp³-hybridized carbons (Fsp3) is 0.333. The molecule has 1 fully saturated rings. The third kappa shape index (κ3) is 3.12. The van der Waals surface area contributed by atoms with Crippen LogP contribution in [-0.2, 0) is 4.79 Å². The smallest absolute Gasteiger partial charge is 0.228 e. The van der Waals surface area contributed by atoms with E-state index in [1.165, 1.54) is 0 Å². The number of nitrogens with zero attached hydrogens (tertiary/aromatic N) is 4. The summed E-state index contributed by atoms with van der Waals surface area (Å²) in [7, 11) is 1.61. The van der Waals surface area contributed by atoms with Gasteiger partial charge in [0.1, 0.15) is 5.65 Å². The number of fused-ring (bicyclic) bond motifs is 2. The van der Waals surface area contributed by atoms with Gasteiger partial charge in [-0.15, -0.1) is 0 Å². The van der Waals surface area contributed by atoms with Crippen LogP contribution in [-0.4, -0.2) is 49.2 Å². The number of hydrogen-bond acceptors (Lipinski definition) is 6. The summed E-state index contributed by atoms with van der Waals surface area (Å²) in [4.78, 5) is 23.8. The van der Waals surface area contributed by atoms with Crippen molar-refractivity contribution in [3.05, 3.63) is 36.8 Å². The molecule has 5 rings (SSSR count). The largest absolute Gasteiger partial charge is 0.480 e. The average Bonchev–Trinajstić information content (AvgIpc) is 3.31. The minimum atomic E-state index is -0.177. The summed E-state index contributed by atoms with van der Waals surface area (Å²) < 4.78 is 7.42. The predicted molar refractivity (Wildman–Crippen MR) is 113 cm³/mol. The van der Waals surface area contributed by atoms with Gasteiger partial charge < -0.3 is 20.4 Å². The molecule has 0 atom stereocenters. The number of H-pyrrole nitrogens is 1. The van der Waals surface area contributed by atoms with Crippen molar-refractivity contribution in [3.63, 3.8) is 0 Å². The molecule has 1 aliphatic carbocycles. The van der Waals surface area contributed by atoms with Crippen molar-refractivity contribution in [1.82, 2.24) is 29.9 Å². The Hall–Kier alpha value is -3.62. The molecule has 9 nitrogen and oxygen atoms in total. The van der Waals surface area contributed by atoms with E-state index in [-0.39, 0.29) is 17.5 Å². The van der Waals surface area contributed by atoms with E-state index < -0.39 is 0 Å². The van der Waals surface area contributed by atoms with E-state index >= 15 is 0 Å². The van der Waals surface area contributed by atoms with Crippen LogP contribution in [0.25, 0.3) is 27.7 Å². The summed E-state index contributed by atoms with van der Waals surface area (Å²) in [5.74, 6) is 1.01. The zero-order valence-electron chi connectivity index (χ0n) is 17.1. The van der Waals surface area contributed by atoms with E-state index in [0.29, 0.717) is 17.5 Å². The van der Waals surface area contributed by atoms with Gasteiger partial charge in [-0.3, -0.25) is 4.79 Å². The van der Waals surface area contributed by atoms with Crippen LogP contribution >= 0.6 is 0 Å². The predicted octanol–water partition coefficient (Wildman–Crippen LogP) is 2.75. The van der Waals surface area contributed by atoms with Gasteiger partial charge in [0, 0.05) is 42.7 Å². The molecule has 0 bridgehead atoms. The molecule has 0 aliphatic heterocycles. The van der Waals surface area contributed by atoms with E-state index in [9.17, 15) is 4.79 Å². The molecular weight excluding hydrogens is 382 g/mol. The fourth-order valence-corrected chi connectivity index (χ4v) is 4.37. The summed E-state index contributed by atoms with van der Waals surface area (Å²) >= 11 is 0. The molecular formula is C21H23N7O2. The highest BCUT2D eigenvalue weighted by atomic mass is 16.5. The number of aromatic amines is 1. The van der Waals surface area contributed by atoms with Gasteiger partial charge in [-0.2, -0.15) is 15.1 Å². The molecule has 1 amide bonds. The van der Waals surface area contributed by atoms with E-state index in [4.69, 9.17) is 4.74 Å². The number of nitrogens with one attached hydrogen (secondary N) is 3.